The van der Waals surface area contributed by atoms with Crippen LogP contribution in [0.15, 0.2) is 115 Å². The fraction of sp³-hybridized carbons (Fsp3) is 0.250. The molecule has 51 heavy (non-hydrogen) atoms. The molecule has 6 aromatic rings. The molecule has 2 heterocycles. The van der Waals surface area contributed by atoms with Crippen molar-refractivity contribution in [3.8, 4) is 11.1 Å². The first-order valence-electron chi connectivity index (χ1n) is 18.5. The average molecular weight is 665 g/mol. The number of aryl methyl sites for hydroxylation is 4. The van der Waals surface area contributed by atoms with Crippen LogP contribution in [0.5, 0.6) is 0 Å². The van der Waals surface area contributed by atoms with Crippen LogP contribution in [-0.4, -0.2) is 6.71 Å². The minimum Gasteiger partial charge on any atom is -0.311 e. The standard InChI is InChI=1S/C48H49BN2/c1-30-11-15-34(16-12-30)38-29-36(48(8,9)10)19-24-41(38)51-43-23-14-32(3)26-40(43)49-39-25-31(2)13-22-42(39)50(44-27-33(4)28-45(51)46(44)49)37-20-17-35(18-21-37)47(5,6)7/h11-29H,1-10H3. The van der Waals surface area contributed by atoms with Gasteiger partial charge in [-0.3, -0.25) is 0 Å². The zero-order valence-electron chi connectivity index (χ0n) is 31.9. The third kappa shape index (κ3) is 5.59. The van der Waals surface area contributed by atoms with Crippen LogP contribution in [0.4, 0.5) is 34.1 Å². The lowest BCUT2D eigenvalue weighted by atomic mass is 9.33. The molecule has 0 unspecified atom stereocenters. The van der Waals surface area contributed by atoms with E-state index in [1.54, 1.807) is 0 Å². The maximum Gasteiger partial charge on any atom is 0.252 e. The Hall–Kier alpha value is -5.02. The minimum absolute atomic E-state index is 0.0209. The molecule has 0 saturated carbocycles. The van der Waals surface area contributed by atoms with E-state index < -0.39 is 0 Å². The molecule has 2 aliphatic rings. The van der Waals surface area contributed by atoms with E-state index in [2.05, 4.69) is 194 Å². The average Bonchev–Trinajstić information content (AvgIpc) is 3.07. The molecule has 0 amide bonds. The van der Waals surface area contributed by atoms with Crippen molar-refractivity contribution >= 4 is 57.2 Å². The summed E-state index contributed by atoms with van der Waals surface area (Å²) in [7, 11) is 0. The van der Waals surface area contributed by atoms with Crippen LogP contribution in [0.3, 0.4) is 0 Å². The van der Waals surface area contributed by atoms with Crippen molar-refractivity contribution in [3.05, 3.63) is 149 Å². The number of anilines is 6. The molecule has 0 fully saturated rings. The molecule has 3 heteroatoms. The van der Waals surface area contributed by atoms with Gasteiger partial charge in [0.1, 0.15) is 0 Å². The molecular formula is C48H49BN2. The Kier molecular flexibility index (Phi) is 7.65. The summed E-state index contributed by atoms with van der Waals surface area (Å²) in [5.41, 5.74) is 21.9. The van der Waals surface area contributed by atoms with Crippen LogP contribution in [0.25, 0.3) is 11.1 Å². The SMILES string of the molecule is Cc1ccc(-c2cc(C(C)(C)C)ccc2N2c3ccc(C)cc3B3c4cc(C)ccc4N(c4ccc(C(C)(C)C)cc4)c4cc(C)cc2c43)cc1. The van der Waals surface area contributed by atoms with Crippen molar-refractivity contribution in [2.75, 3.05) is 9.80 Å². The predicted molar refractivity (Wildman–Crippen MR) is 222 cm³/mol. The Morgan fingerprint density at radius 2 is 0.902 bits per heavy atom. The van der Waals surface area contributed by atoms with Crippen molar-refractivity contribution in [2.45, 2.75) is 80.1 Å². The van der Waals surface area contributed by atoms with Gasteiger partial charge in [0, 0.05) is 34.0 Å². The summed E-state index contributed by atoms with van der Waals surface area (Å²) in [5, 5.41) is 0. The Morgan fingerprint density at radius 3 is 1.47 bits per heavy atom. The van der Waals surface area contributed by atoms with Crippen LogP contribution < -0.4 is 26.2 Å². The summed E-state index contributed by atoms with van der Waals surface area (Å²) in [5.74, 6) is 0. The second-order valence-corrected chi connectivity index (χ2v) is 17.1. The van der Waals surface area contributed by atoms with Gasteiger partial charge in [0.25, 0.3) is 6.71 Å². The third-order valence-electron chi connectivity index (χ3n) is 11.0. The zero-order chi connectivity index (χ0) is 36.0. The Bertz CT molecular complexity index is 2320. The number of nitrogens with zero attached hydrogens (tertiary/aromatic N) is 2. The van der Waals surface area contributed by atoms with E-state index in [4.69, 9.17) is 0 Å². The van der Waals surface area contributed by atoms with E-state index in [-0.39, 0.29) is 17.5 Å². The van der Waals surface area contributed by atoms with Gasteiger partial charge in [0.2, 0.25) is 0 Å². The Morgan fingerprint density at radius 1 is 0.412 bits per heavy atom. The number of hydrogen-bond donors (Lipinski definition) is 0. The molecule has 8 rings (SSSR count). The van der Waals surface area contributed by atoms with E-state index in [0.717, 1.165) is 0 Å². The van der Waals surface area contributed by atoms with Crippen molar-refractivity contribution in [1.29, 1.82) is 0 Å². The lowest BCUT2D eigenvalue weighted by Crippen LogP contribution is -2.61. The highest BCUT2D eigenvalue weighted by Crippen LogP contribution is 2.47. The van der Waals surface area contributed by atoms with Gasteiger partial charge in [-0.05, 0) is 126 Å². The van der Waals surface area contributed by atoms with E-state index >= 15 is 0 Å². The maximum absolute atomic E-state index is 2.57. The van der Waals surface area contributed by atoms with E-state index in [9.17, 15) is 0 Å². The van der Waals surface area contributed by atoms with Gasteiger partial charge in [-0.15, -0.1) is 0 Å². The van der Waals surface area contributed by atoms with E-state index in [0.29, 0.717) is 0 Å². The number of fused-ring (bicyclic) bond motifs is 4. The van der Waals surface area contributed by atoms with Gasteiger partial charge in [-0.1, -0.05) is 125 Å². The molecule has 254 valence electrons. The van der Waals surface area contributed by atoms with Crippen LogP contribution in [0.1, 0.15) is 74.9 Å². The Labute approximate surface area is 305 Å². The first-order valence-corrected chi connectivity index (χ1v) is 18.5. The molecule has 0 atom stereocenters. The number of benzene rings is 6. The zero-order valence-corrected chi connectivity index (χ0v) is 31.9. The molecule has 0 bridgehead atoms. The van der Waals surface area contributed by atoms with Crippen LogP contribution in [0, 0.1) is 27.7 Å². The fourth-order valence-electron chi connectivity index (χ4n) is 8.19. The summed E-state index contributed by atoms with van der Waals surface area (Å²) in [6, 6.07) is 44.4. The quantitative estimate of drug-likeness (QED) is 0.174. The van der Waals surface area contributed by atoms with Crippen LogP contribution in [0.2, 0.25) is 0 Å². The fourth-order valence-corrected chi connectivity index (χ4v) is 8.19. The lowest BCUT2D eigenvalue weighted by Gasteiger charge is -2.45. The first-order chi connectivity index (χ1) is 24.2. The highest BCUT2D eigenvalue weighted by Gasteiger charge is 2.44. The predicted octanol–water partition coefficient (Wildman–Crippen LogP) is 11.3. The van der Waals surface area contributed by atoms with Gasteiger partial charge in [0.15, 0.2) is 0 Å². The smallest absolute Gasteiger partial charge is 0.252 e. The topological polar surface area (TPSA) is 6.48 Å². The summed E-state index contributed by atoms with van der Waals surface area (Å²) >= 11 is 0. The molecular weight excluding hydrogens is 615 g/mol. The molecule has 0 aromatic heterocycles. The highest BCUT2D eigenvalue weighted by atomic mass is 15.2. The minimum atomic E-state index is 0.0209. The number of rotatable bonds is 3. The molecule has 2 aliphatic heterocycles. The van der Waals surface area contributed by atoms with E-state index in [1.165, 1.54) is 95.0 Å². The summed E-state index contributed by atoms with van der Waals surface area (Å²) in [4.78, 5) is 5.09. The van der Waals surface area contributed by atoms with Crippen molar-refractivity contribution in [2.24, 2.45) is 0 Å². The molecule has 6 aromatic carbocycles. The second-order valence-electron chi connectivity index (χ2n) is 17.1. The van der Waals surface area contributed by atoms with Gasteiger partial charge in [-0.25, -0.2) is 0 Å². The third-order valence-corrected chi connectivity index (χ3v) is 11.0. The van der Waals surface area contributed by atoms with Crippen LogP contribution >= 0.6 is 0 Å². The van der Waals surface area contributed by atoms with E-state index in [1.807, 2.05) is 0 Å². The van der Waals surface area contributed by atoms with Gasteiger partial charge in [-0.2, -0.15) is 0 Å². The highest BCUT2D eigenvalue weighted by molar-refractivity contribution is 7.00. The summed E-state index contributed by atoms with van der Waals surface area (Å²) in [6.45, 7) is 22.8. The molecule has 0 radical (unpaired) electrons. The molecule has 0 spiro atoms. The van der Waals surface area contributed by atoms with Crippen molar-refractivity contribution < 1.29 is 0 Å². The van der Waals surface area contributed by atoms with Gasteiger partial charge >= 0.3 is 0 Å². The summed E-state index contributed by atoms with van der Waals surface area (Å²) < 4.78 is 0. The first kappa shape index (κ1) is 33.1. The maximum atomic E-state index is 2.57. The molecule has 0 N–H and O–H groups in total. The van der Waals surface area contributed by atoms with Crippen LogP contribution in [-0.2, 0) is 10.8 Å². The molecule has 0 aliphatic carbocycles. The van der Waals surface area contributed by atoms with Gasteiger partial charge in [0.05, 0.1) is 5.69 Å². The second kappa shape index (κ2) is 11.8. The normalized spacial score (nSPS) is 13.6. The largest absolute Gasteiger partial charge is 0.311 e. The van der Waals surface area contributed by atoms with Crippen molar-refractivity contribution in [3.63, 3.8) is 0 Å². The molecule has 0 saturated heterocycles. The van der Waals surface area contributed by atoms with Crippen molar-refractivity contribution in [1.82, 2.24) is 0 Å². The Balaban J connectivity index is 1.45. The van der Waals surface area contributed by atoms with Gasteiger partial charge < -0.3 is 9.80 Å². The lowest BCUT2D eigenvalue weighted by molar-refractivity contribution is 0.590. The number of hydrogen-bond acceptors (Lipinski definition) is 2. The summed E-state index contributed by atoms with van der Waals surface area (Å²) in [6.07, 6.45) is 0. The monoisotopic (exact) mass is 664 g/mol. The molecule has 2 nitrogen and oxygen atoms in total.